The minimum absolute atomic E-state index is 0.109. The first kappa shape index (κ1) is 20.2. The molecule has 0 aliphatic carbocycles. The quantitative estimate of drug-likeness (QED) is 0.676. The average molecular weight is 416 g/mol. The number of nitrogens with zero attached hydrogens (tertiary/aromatic N) is 3. The summed E-state index contributed by atoms with van der Waals surface area (Å²) in [6, 6.07) is 2.87. The van der Waals surface area contributed by atoms with E-state index in [1.54, 1.807) is 19.2 Å². The fourth-order valence-electron chi connectivity index (χ4n) is 3.54. The van der Waals surface area contributed by atoms with Crippen LogP contribution < -0.4 is 14.8 Å². The summed E-state index contributed by atoms with van der Waals surface area (Å²) in [6.45, 7) is 3.11. The molecule has 30 heavy (non-hydrogen) atoms. The Morgan fingerprint density at radius 3 is 2.47 bits per heavy atom. The molecule has 158 valence electrons. The van der Waals surface area contributed by atoms with Gasteiger partial charge >= 0.3 is 0 Å². The van der Waals surface area contributed by atoms with Gasteiger partial charge in [0.15, 0.2) is 23.1 Å². The Balaban J connectivity index is 1.76. The number of nitrogens with one attached hydrogen (secondary N) is 1. The van der Waals surface area contributed by atoms with Gasteiger partial charge in [-0.05, 0) is 25.8 Å². The first-order valence-electron chi connectivity index (χ1n) is 9.60. The molecule has 1 atom stereocenters. The molecular formula is C21H22F2N4O3. The molecule has 0 bridgehead atoms. The number of pyridine rings is 1. The van der Waals surface area contributed by atoms with Crippen molar-refractivity contribution in [2.24, 2.45) is 0 Å². The SMILES string of the molecule is COc1cc(OC)c(F)c(-c2cc3cnc(N[C@H]4CCCOC4)nc3c(C)n2)c1F. The summed E-state index contributed by atoms with van der Waals surface area (Å²) in [6.07, 6.45) is 3.57. The molecule has 0 saturated carbocycles. The third kappa shape index (κ3) is 3.72. The molecule has 9 heteroatoms. The van der Waals surface area contributed by atoms with Gasteiger partial charge in [0, 0.05) is 24.3 Å². The van der Waals surface area contributed by atoms with Crippen LogP contribution in [-0.4, -0.2) is 48.4 Å². The zero-order chi connectivity index (χ0) is 21.3. The Kier molecular flexibility index (Phi) is 5.63. The van der Waals surface area contributed by atoms with E-state index in [0.29, 0.717) is 29.2 Å². The van der Waals surface area contributed by atoms with Crippen molar-refractivity contribution in [3.8, 4) is 22.8 Å². The minimum atomic E-state index is -0.849. The zero-order valence-corrected chi connectivity index (χ0v) is 17.0. The molecule has 7 nitrogen and oxygen atoms in total. The molecule has 1 saturated heterocycles. The highest BCUT2D eigenvalue weighted by atomic mass is 19.1. The third-order valence-electron chi connectivity index (χ3n) is 5.06. The van der Waals surface area contributed by atoms with Gasteiger partial charge in [0.25, 0.3) is 0 Å². The second-order valence-corrected chi connectivity index (χ2v) is 7.07. The van der Waals surface area contributed by atoms with Crippen LogP contribution in [0.2, 0.25) is 0 Å². The van der Waals surface area contributed by atoms with Gasteiger partial charge in [-0.2, -0.15) is 0 Å². The van der Waals surface area contributed by atoms with Crippen molar-refractivity contribution >= 4 is 16.9 Å². The maximum Gasteiger partial charge on any atom is 0.223 e. The van der Waals surface area contributed by atoms with Gasteiger partial charge in [-0.15, -0.1) is 0 Å². The van der Waals surface area contributed by atoms with E-state index in [2.05, 4.69) is 20.3 Å². The highest BCUT2D eigenvalue weighted by Crippen LogP contribution is 2.37. The maximum atomic E-state index is 14.9. The number of anilines is 1. The Labute approximate surface area is 172 Å². The van der Waals surface area contributed by atoms with Gasteiger partial charge in [0.1, 0.15) is 0 Å². The average Bonchev–Trinajstić information content (AvgIpc) is 2.75. The fraction of sp³-hybridized carbons (Fsp3) is 0.381. The Morgan fingerprint density at radius 2 is 1.83 bits per heavy atom. The van der Waals surface area contributed by atoms with Crippen molar-refractivity contribution in [1.82, 2.24) is 15.0 Å². The summed E-state index contributed by atoms with van der Waals surface area (Å²) in [5, 5.41) is 3.88. The van der Waals surface area contributed by atoms with E-state index >= 15 is 0 Å². The van der Waals surface area contributed by atoms with Gasteiger partial charge in [0.05, 0.1) is 49.3 Å². The number of rotatable bonds is 5. The number of ether oxygens (including phenoxy) is 3. The van der Waals surface area contributed by atoms with E-state index in [1.165, 1.54) is 14.2 Å². The normalized spacial score (nSPS) is 16.5. The van der Waals surface area contributed by atoms with Crippen molar-refractivity contribution in [2.45, 2.75) is 25.8 Å². The van der Waals surface area contributed by atoms with Crippen LogP contribution in [0.3, 0.4) is 0 Å². The third-order valence-corrected chi connectivity index (χ3v) is 5.06. The van der Waals surface area contributed by atoms with Crippen molar-refractivity contribution < 1.29 is 23.0 Å². The lowest BCUT2D eigenvalue weighted by molar-refractivity contribution is 0.0874. The molecule has 1 aliphatic rings. The fourth-order valence-corrected chi connectivity index (χ4v) is 3.54. The highest BCUT2D eigenvalue weighted by Gasteiger charge is 2.23. The van der Waals surface area contributed by atoms with Crippen LogP contribution in [0.1, 0.15) is 18.5 Å². The number of benzene rings is 1. The van der Waals surface area contributed by atoms with Gasteiger partial charge in [-0.1, -0.05) is 0 Å². The molecule has 1 fully saturated rings. The van der Waals surface area contributed by atoms with E-state index < -0.39 is 11.6 Å². The summed E-state index contributed by atoms with van der Waals surface area (Å²) >= 11 is 0. The lowest BCUT2D eigenvalue weighted by Crippen LogP contribution is -2.30. The van der Waals surface area contributed by atoms with Crippen molar-refractivity contribution in [3.05, 3.63) is 35.7 Å². The number of fused-ring (bicyclic) bond motifs is 1. The van der Waals surface area contributed by atoms with Gasteiger partial charge in [-0.3, -0.25) is 4.98 Å². The van der Waals surface area contributed by atoms with Crippen LogP contribution in [0.15, 0.2) is 18.3 Å². The predicted octanol–water partition coefficient (Wildman–Crippen LogP) is 3.89. The van der Waals surface area contributed by atoms with Gasteiger partial charge in [0.2, 0.25) is 5.95 Å². The van der Waals surface area contributed by atoms with Crippen molar-refractivity contribution in [2.75, 3.05) is 32.8 Å². The van der Waals surface area contributed by atoms with E-state index in [4.69, 9.17) is 14.2 Å². The first-order valence-corrected chi connectivity index (χ1v) is 9.60. The second-order valence-electron chi connectivity index (χ2n) is 7.07. The number of hydrogen-bond donors (Lipinski definition) is 1. The summed E-state index contributed by atoms with van der Waals surface area (Å²) in [4.78, 5) is 13.3. The van der Waals surface area contributed by atoms with Crippen LogP contribution in [0.4, 0.5) is 14.7 Å². The van der Waals surface area contributed by atoms with Crippen LogP contribution in [0, 0.1) is 18.6 Å². The highest BCUT2D eigenvalue weighted by molar-refractivity contribution is 5.85. The standard InChI is InChI=1S/C21H22F2N4O3/c1-11-20-12(9-24-21(27-20)26-13-5-4-6-30-10-13)7-14(25-11)17-18(22)15(28-2)8-16(29-3)19(17)23/h7-9,13H,4-6,10H2,1-3H3,(H,24,26,27)/t13-/m0/s1. The number of halogens is 2. The van der Waals surface area contributed by atoms with E-state index in [0.717, 1.165) is 25.5 Å². The van der Waals surface area contributed by atoms with E-state index in [9.17, 15) is 8.78 Å². The summed E-state index contributed by atoms with van der Waals surface area (Å²) < 4.78 is 45.3. The summed E-state index contributed by atoms with van der Waals surface area (Å²) in [5.41, 5.74) is 0.909. The second kappa shape index (κ2) is 8.35. The lowest BCUT2D eigenvalue weighted by Gasteiger charge is -2.23. The van der Waals surface area contributed by atoms with Crippen LogP contribution >= 0.6 is 0 Å². The smallest absolute Gasteiger partial charge is 0.223 e. The number of aromatic nitrogens is 3. The Hall–Kier alpha value is -3.07. The monoisotopic (exact) mass is 416 g/mol. The number of aryl methyl sites for hydroxylation is 1. The Morgan fingerprint density at radius 1 is 1.10 bits per heavy atom. The molecular weight excluding hydrogens is 394 g/mol. The summed E-state index contributed by atoms with van der Waals surface area (Å²) in [5.74, 6) is -1.49. The molecule has 3 heterocycles. The maximum absolute atomic E-state index is 14.9. The minimum Gasteiger partial charge on any atom is -0.494 e. The summed E-state index contributed by atoms with van der Waals surface area (Å²) in [7, 11) is 2.61. The van der Waals surface area contributed by atoms with E-state index in [-0.39, 0.29) is 28.8 Å². The molecule has 4 rings (SSSR count). The van der Waals surface area contributed by atoms with Crippen LogP contribution in [0.25, 0.3) is 22.2 Å². The van der Waals surface area contributed by atoms with Gasteiger partial charge < -0.3 is 19.5 Å². The molecule has 1 aromatic carbocycles. The molecule has 3 aromatic rings. The molecule has 0 unspecified atom stereocenters. The lowest BCUT2D eigenvalue weighted by atomic mass is 10.1. The predicted molar refractivity (Wildman–Crippen MR) is 108 cm³/mol. The Bertz CT molecular complexity index is 1060. The molecule has 0 spiro atoms. The zero-order valence-electron chi connectivity index (χ0n) is 17.0. The molecule has 1 N–H and O–H groups in total. The number of methoxy groups -OCH3 is 2. The molecule has 1 aliphatic heterocycles. The topological polar surface area (TPSA) is 78.4 Å². The largest absolute Gasteiger partial charge is 0.494 e. The van der Waals surface area contributed by atoms with Crippen LogP contribution in [-0.2, 0) is 4.74 Å². The number of hydrogen-bond acceptors (Lipinski definition) is 7. The van der Waals surface area contributed by atoms with E-state index in [1.807, 2.05) is 0 Å². The van der Waals surface area contributed by atoms with Crippen molar-refractivity contribution in [3.63, 3.8) is 0 Å². The van der Waals surface area contributed by atoms with Gasteiger partial charge in [-0.25, -0.2) is 18.7 Å². The molecule has 0 radical (unpaired) electrons. The van der Waals surface area contributed by atoms with Crippen LogP contribution in [0.5, 0.6) is 11.5 Å². The molecule has 0 amide bonds. The molecule has 2 aromatic heterocycles. The van der Waals surface area contributed by atoms with Crippen molar-refractivity contribution in [1.29, 1.82) is 0 Å². The first-order chi connectivity index (χ1) is 14.5.